The van der Waals surface area contributed by atoms with Gasteiger partial charge in [-0.15, -0.1) is 0 Å². The second-order valence-electron chi connectivity index (χ2n) is 10.1. The van der Waals surface area contributed by atoms with Crippen LogP contribution in [0.5, 0.6) is 23.0 Å². The van der Waals surface area contributed by atoms with Gasteiger partial charge in [-0.1, -0.05) is 103 Å². The van der Waals surface area contributed by atoms with Crippen LogP contribution in [0.3, 0.4) is 0 Å². The van der Waals surface area contributed by atoms with Crippen LogP contribution in [0.15, 0.2) is 133 Å². The molecule has 0 fully saturated rings. The number of hydrogen-bond acceptors (Lipinski definition) is 3. The van der Waals surface area contributed by atoms with E-state index in [-0.39, 0.29) is 0 Å². The van der Waals surface area contributed by atoms with E-state index in [0.717, 1.165) is 74.2 Å². The van der Waals surface area contributed by atoms with Crippen molar-refractivity contribution in [2.45, 2.75) is 5.41 Å². The summed E-state index contributed by atoms with van der Waals surface area (Å²) >= 11 is 0. The Morgan fingerprint density at radius 3 is 1.74 bits per heavy atom. The zero-order valence-corrected chi connectivity index (χ0v) is 21.2. The topological polar surface area (TPSA) is 30.5 Å². The van der Waals surface area contributed by atoms with E-state index in [9.17, 15) is 0 Å². The maximum Gasteiger partial charge on any atom is 0.132 e. The van der Waals surface area contributed by atoms with E-state index >= 15 is 0 Å². The van der Waals surface area contributed by atoms with Gasteiger partial charge in [0.05, 0.1) is 5.41 Å². The van der Waals surface area contributed by atoms with Crippen LogP contribution >= 0.6 is 0 Å². The van der Waals surface area contributed by atoms with Crippen molar-refractivity contribution in [3.63, 3.8) is 0 Å². The number of ether oxygens (including phenoxy) is 2. The Hall–Kier alpha value is -5.02. The van der Waals surface area contributed by atoms with Crippen molar-refractivity contribution in [2.24, 2.45) is 0 Å². The number of allylic oxidation sites excluding steroid dienone is 2. The number of rotatable bonds is 2. The first-order valence-electron chi connectivity index (χ1n) is 13.3. The molecule has 0 saturated heterocycles. The molecule has 5 aromatic carbocycles. The summed E-state index contributed by atoms with van der Waals surface area (Å²) in [6.07, 6.45) is 6.33. The van der Waals surface area contributed by atoms with E-state index in [1.807, 2.05) is 18.2 Å². The molecular formula is C36H25NO2. The van der Waals surface area contributed by atoms with Crippen molar-refractivity contribution in [1.29, 1.82) is 0 Å². The van der Waals surface area contributed by atoms with Gasteiger partial charge in [-0.25, -0.2) is 0 Å². The van der Waals surface area contributed by atoms with E-state index in [2.05, 4.69) is 121 Å². The molecule has 39 heavy (non-hydrogen) atoms. The van der Waals surface area contributed by atoms with Crippen molar-refractivity contribution >= 4 is 5.70 Å². The van der Waals surface area contributed by atoms with E-state index in [1.165, 1.54) is 0 Å². The number of fused-ring (bicyclic) bond motifs is 8. The van der Waals surface area contributed by atoms with Gasteiger partial charge in [-0.3, -0.25) is 0 Å². The highest BCUT2D eigenvalue weighted by atomic mass is 16.5. The number of para-hydroxylation sites is 2. The average molecular weight is 504 g/mol. The Labute approximate surface area is 227 Å². The lowest BCUT2D eigenvalue weighted by Crippen LogP contribution is -2.36. The van der Waals surface area contributed by atoms with Crippen LogP contribution in [0, 0.1) is 0 Å². The predicted molar refractivity (Wildman–Crippen MR) is 155 cm³/mol. The Bertz CT molecular complexity index is 1770. The van der Waals surface area contributed by atoms with Crippen LogP contribution in [0.25, 0.3) is 16.8 Å². The summed E-state index contributed by atoms with van der Waals surface area (Å²) in [4.78, 5) is 0. The third-order valence-electron chi connectivity index (χ3n) is 8.02. The number of hydrogen-bond donors (Lipinski definition) is 1. The average Bonchev–Trinajstić information content (AvgIpc) is 3.01. The molecule has 3 aliphatic heterocycles. The maximum atomic E-state index is 6.81. The highest BCUT2D eigenvalue weighted by Crippen LogP contribution is 2.61. The van der Waals surface area contributed by atoms with Gasteiger partial charge in [0, 0.05) is 40.1 Å². The Kier molecular flexibility index (Phi) is 4.80. The van der Waals surface area contributed by atoms with Gasteiger partial charge in [0.1, 0.15) is 23.0 Å². The second-order valence-corrected chi connectivity index (χ2v) is 10.1. The van der Waals surface area contributed by atoms with Crippen LogP contribution in [-0.2, 0) is 5.41 Å². The second kappa shape index (κ2) is 8.50. The highest BCUT2D eigenvalue weighted by molar-refractivity contribution is 5.79. The molecule has 0 bridgehead atoms. The fraction of sp³-hybridized carbons (Fsp3) is 0.0556. The molecule has 3 nitrogen and oxygen atoms in total. The van der Waals surface area contributed by atoms with Crippen LogP contribution in [0.1, 0.15) is 27.8 Å². The molecule has 1 N–H and O–H groups in total. The van der Waals surface area contributed by atoms with Gasteiger partial charge in [0.15, 0.2) is 0 Å². The minimum Gasteiger partial charge on any atom is -0.457 e. The molecule has 3 heterocycles. The lowest BCUT2D eigenvalue weighted by atomic mass is 9.62. The molecule has 0 amide bonds. The van der Waals surface area contributed by atoms with Gasteiger partial charge in [0.2, 0.25) is 0 Å². The number of benzene rings is 5. The maximum absolute atomic E-state index is 6.81. The highest BCUT2D eigenvalue weighted by Gasteiger charge is 2.50. The first kappa shape index (κ1) is 22.0. The molecule has 0 unspecified atom stereocenters. The van der Waals surface area contributed by atoms with Gasteiger partial charge in [-0.05, 0) is 41.5 Å². The first-order valence-corrected chi connectivity index (χ1v) is 13.3. The fourth-order valence-electron chi connectivity index (χ4n) is 6.31. The number of dihydropyridines is 1. The van der Waals surface area contributed by atoms with Gasteiger partial charge in [-0.2, -0.15) is 0 Å². The quantitative estimate of drug-likeness (QED) is 0.257. The summed E-state index contributed by atoms with van der Waals surface area (Å²) in [6, 6.07) is 40.5. The Balaban J connectivity index is 1.45. The molecule has 8 rings (SSSR count). The molecule has 0 aliphatic carbocycles. The smallest absolute Gasteiger partial charge is 0.132 e. The molecular weight excluding hydrogens is 478 g/mol. The first-order chi connectivity index (χ1) is 19.3. The minimum atomic E-state index is -0.587. The van der Waals surface area contributed by atoms with Crippen LogP contribution in [-0.4, -0.2) is 6.54 Å². The molecule has 0 radical (unpaired) electrons. The summed E-state index contributed by atoms with van der Waals surface area (Å²) in [5, 5.41) is 3.49. The zero-order valence-electron chi connectivity index (χ0n) is 21.2. The lowest BCUT2D eigenvalue weighted by molar-refractivity contribution is 0.399. The van der Waals surface area contributed by atoms with E-state index < -0.39 is 5.41 Å². The monoisotopic (exact) mass is 503 g/mol. The molecule has 0 atom stereocenters. The summed E-state index contributed by atoms with van der Waals surface area (Å²) in [6.45, 7) is 0.815. The Morgan fingerprint density at radius 2 is 1.08 bits per heavy atom. The Morgan fingerprint density at radius 1 is 0.513 bits per heavy atom. The van der Waals surface area contributed by atoms with Gasteiger partial charge >= 0.3 is 0 Å². The van der Waals surface area contributed by atoms with E-state index in [0.29, 0.717) is 0 Å². The van der Waals surface area contributed by atoms with Gasteiger partial charge < -0.3 is 14.8 Å². The van der Waals surface area contributed by atoms with Crippen LogP contribution in [0.2, 0.25) is 0 Å². The van der Waals surface area contributed by atoms with E-state index in [1.54, 1.807) is 0 Å². The van der Waals surface area contributed by atoms with Crippen molar-refractivity contribution in [1.82, 2.24) is 5.32 Å². The third-order valence-corrected chi connectivity index (χ3v) is 8.02. The molecule has 186 valence electrons. The van der Waals surface area contributed by atoms with Crippen LogP contribution in [0.4, 0.5) is 0 Å². The molecule has 3 heteroatoms. The van der Waals surface area contributed by atoms with Crippen molar-refractivity contribution in [3.05, 3.63) is 161 Å². The van der Waals surface area contributed by atoms with Crippen molar-refractivity contribution in [3.8, 4) is 34.1 Å². The van der Waals surface area contributed by atoms with Gasteiger partial charge in [0.25, 0.3) is 0 Å². The SMILES string of the molecule is C1=CCNC(c2ccc3c(c2)Oc2cc(-c4ccccc4)ccc2C32c3ccccc3Oc3ccccc32)=C1. The summed E-state index contributed by atoms with van der Waals surface area (Å²) in [5.41, 5.74) is 8.36. The summed E-state index contributed by atoms with van der Waals surface area (Å²) < 4.78 is 13.3. The molecule has 5 aromatic rings. The largest absolute Gasteiger partial charge is 0.457 e. The number of nitrogens with one attached hydrogen (secondary N) is 1. The van der Waals surface area contributed by atoms with E-state index in [4.69, 9.17) is 9.47 Å². The summed E-state index contributed by atoms with van der Waals surface area (Å²) in [5.74, 6) is 3.45. The minimum absolute atomic E-state index is 0.587. The molecule has 3 aliphatic rings. The standard InChI is InChI=1S/C36H25NO2/c1-2-10-24(11-3-1)25-17-19-29-34(22-25)39-35-23-26(31-14-8-9-21-37-31)18-20-30(35)36(29)27-12-4-6-15-32(27)38-33-16-7-5-13-28(33)36/h1-20,22-23,37H,21H2. The normalized spacial score (nSPS) is 15.4. The summed E-state index contributed by atoms with van der Waals surface area (Å²) in [7, 11) is 0. The molecule has 1 spiro atoms. The predicted octanol–water partition coefficient (Wildman–Crippen LogP) is 8.45. The third kappa shape index (κ3) is 3.23. The van der Waals surface area contributed by atoms with Crippen LogP contribution < -0.4 is 14.8 Å². The van der Waals surface area contributed by atoms with Crippen molar-refractivity contribution < 1.29 is 9.47 Å². The lowest BCUT2D eigenvalue weighted by Gasteiger charge is -2.45. The zero-order chi connectivity index (χ0) is 25.8. The molecule has 0 aromatic heterocycles. The van der Waals surface area contributed by atoms with Crippen molar-refractivity contribution in [2.75, 3.05) is 6.54 Å². The fourth-order valence-corrected chi connectivity index (χ4v) is 6.31. The molecule has 0 saturated carbocycles.